The molecule has 3 heterocycles. The molecule has 2 aromatic carbocycles. The summed E-state index contributed by atoms with van der Waals surface area (Å²) >= 11 is 0. The fraction of sp³-hybridized carbons (Fsp3) is 0.207. The summed E-state index contributed by atoms with van der Waals surface area (Å²) in [5.41, 5.74) is 10.9. The average molecular weight is 463 g/mol. The molecule has 0 amide bonds. The Morgan fingerprint density at radius 2 is 1.83 bits per heavy atom. The third-order valence-electron chi connectivity index (χ3n) is 6.72. The second kappa shape index (κ2) is 8.24. The van der Waals surface area contributed by atoms with Gasteiger partial charge in [0.25, 0.3) is 0 Å². The topological polar surface area (TPSA) is 91.0 Å². The number of aromatic nitrogens is 3. The van der Waals surface area contributed by atoms with E-state index >= 15 is 0 Å². The minimum absolute atomic E-state index is 0.108. The summed E-state index contributed by atoms with van der Waals surface area (Å²) in [6.07, 6.45) is 9.09. The third-order valence-corrected chi connectivity index (χ3v) is 6.72. The van der Waals surface area contributed by atoms with Crippen LogP contribution < -0.4 is 5.73 Å². The average Bonchev–Trinajstić information content (AvgIpc) is 3.42. The molecule has 2 unspecified atom stereocenters. The number of hydrogen-bond acceptors (Lipinski definition) is 6. The van der Waals surface area contributed by atoms with Crippen molar-refractivity contribution in [3.63, 3.8) is 0 Å². The van der Waals surface area contributed by atoms with Gasteiger partial charge in [0.2, 0.25) is 5.95 Å². The molecule has 6 heteroatoms. The van der Waals surface area contributed by atoms with Crippen LogP contribution in [0.3, 0.4) is 0 Å². The highest BCUT2D eigenvalue weighted by molar-refractivity contribution is 5.97. The first-order valence-corrected chi connectivity index (χ1v) is 12.0. The molecule has 6 nitrogen and oxygen atoms in total. The normalized spacial score (nSPS) is 17.6. The van der Waals surface area contributed by atoms with Gasteiger partial charge in [0.05, 0.1) is 11.5 Å². The number of rotatable bonds is 4. The highest BCUT2D eigenvalue weighted by Gasteiger charge is 2.33. The Morgan fingerprint density at radius 1 is 1.00 bits per heavy atom. The number of nitrogens with zero attached hydrogens (tertiary/aromatic N) is 3. The standard InChI is InChI=1S/C29H26N4O2/c1-4-9-17-18-11-8-12-20(26(18)35-21(17)5-2)27-31-28(33-29(30)32-27)24-16(3)14-15-23-25(24)19-10-6-7-13-22(19)34-23/h4,6-16,24H,5H2,1-3H3,(H2,30,31,32,33)/b9-4-. The fourth-order valence-electron chi connectivity index (χ4n) is 5.15. The van der Waals surface area contributed by atoms with Gasteiger partial charge in [0.1, 0.15) is 28.5 Å². The minimum atomic E-state index is -0.108. The zero-order valence-corrected chi connectivity index (χ0v) is 19.9. The Labute approximate surface area is 203 Å². The van der Waals surface area contributed by atoms with Crippen molar-refractivity contribution in [3.05, 3.63) is 83.1 Å². The van der Waals surface area contributed by atoms with Gasteiger partial charge >= 0.3 is 0 Å². The molecule has 0 saturated carbocycles. The maximum absolute atomic E-state index is 6.32. The highest BCUT2D eigenvalue weighted by Crippen LogP contribution is 2.43. The summed E-state index contributed by atoms with van der Waals surface area (Å²) in [4.78, 5) is 14.1. The van der Waals surface area contributed by atoms with E-state index in [2.05, 4.69) is 48.1 Å². The van der Waals surface area contributed by atoms with E-state index in [0.29, 0.717) is 11.6 Å². The van der Waals surface area contributed by atoms with Gasteiger partial charge < -0.3 is 14.6 Å². The monoisotopic (exact) mass is 462 g/mol. The molecule has 0 bridgehead atoms. The molecule has 6 rings (SSSR count). The van der Waals surface area contributed by atoms with Crippen molar-refractivity contribution >= 4 is 40.0 Å². The van der Waals surface area contributed by atoms with Crippen LogP contribution >= 0.6 is 0 Å². The van der Waals surface area contributed by atoms with Crippen LogP contribution in [-0.2, 0) is 6.42 Å². The molecule has 0 spiro atoms. The molecule has 0 saturated heterocycles. The van der Waals surface area contributed by atoms with E-state index in [1.165, 1.54) is 0 Å². The number of para-hydroxylation sites is 2. The Balaban J connectivity index is 1.55. The van der Waals surface area contributed by atoms with Crippen molar-refractivity contribution in [2.45, 2.75) is 33.1 Å². The zero-order valence-electron chi connectivity index (χ0n) is 19.9. The highest BCUT2D eigenvalue weighted by atomic mass is 16.3. The predicted molar refractivity (Wildman–Crippen MR) is 140 cm³/mol. The van der Waals surface area contributed by atoms with Gasteiger partial charge in [-0.25, -0.2) is 4.98 Å². The summed E-state index contributed by atoms with van der Waals surface area (Å²) in [5.74, 6) is 3.16. The number of hydrogen-bond donors (Lipinski definition) is 1. The van der Waals surface area contributed by atoms with Crippen LogP contribution in [0, 0.1) is 5.92 Å². The lowest BCUT2D eigenvalue weighted by Crippen LogP contribution is -2.18. The van der Waals surface area contributed by atoms with Crippen molar-refractivity contribution in [3.8, 4) is 11.4 Å². The maximum Gasteiger partial charge on any atom is 0.223 e. The number of nitrogen functional groups attached to an aromatic ring is 1. The lowest BCUT2D eigenvalue weighted by Gasteiger charge is -2.24. The molecule has 3 aromatic heterocycles. The molecule has 1 aliphatic carbocycles. The predicted octanol–water partition coefficient (Wildman–Crippen LogP) is 7.00. The Hall–Kier alpha value is -4.19. The number of anilines is 1. The summed E-state index contributed by atoms with van der Waals surface area (Å²) in [7, 11) is 0. The van der Waals surface area contributed by atoms with E-state index < -0.39 is 0 Å². The van der Waals surface area contributed by atoms with Crippen molar-refractivity contribution in [2.24, 2.45) is 5.92 Å². The van der Waals surface area contributed by atoms with Crippen LogP contribution in [0.2, 0.25) is 0 Å². The van der Waals surface area contributed by atoms with Gasteiger partial charge in [0.15, 0.2) is 5.82 Å². The zero-order chi connectivity index (χ0) is 24.1. The third kappa shape index (κ3) is 3.36. The number of benzene rings is 2. The maximum atomic E-state index is 6.32. The second-order valence-corrected chi connectivity index (χ2v) is 8.92. The summed E-state index contributed by atoms with van der Waals surface area (Å²) < 4.78 is 12.4. The Morgan fingerprint density at radius 3 is 2.66 bits per heavy atom. The first-order chi connectivity index (χ1) is 17.1. The smallest absolute Gasteiger partial charge is 0.223 e. The quantitative estimate of drug-likeness (QED) is 0.309. The molecule has 2 N–H and O–H groups in total. The second-order valence-electron chi connectivity index (χ2n) is 8.92. The lowest BCUT2D eigenvalue weighted by atomic mass is 9.81. The van der Waals surface area contributed by atoms with E-state index in [0.717, 1.165) is 56.6 Å². The molecule has 0 radical (unpaired) electrons. The van der Waals surface area contributed by atoms with Gasteiger partial charge in [-0.05, 0) is 31.1 Å². The van der Waals surface area contributed by atoms with E-state index in [1.807, 2.05) is 49.4 Å². The number of aryl methyl sites for hydroxylation is 1. The first kappa shape index (κ1) is 21.4. The van der Waals surface area contributed by atoms with Crippen LogP contribution in [0.5, 0.6) is 0 Å². The molecule has 0 fully saturated rings. The molecule has 5 aromatic rings. The van der Waals surface area contributed by atoms with Crippen molar-refractivity contribution in [1.29, 1.82) is 0 Å². The van der Waals surface area contributed by atoms with E-state index in [-0.39, 0.29) is 17.8 Å². The van der Waals surface area contributed by atoms with Crippen LogP contribution in [0.4, 0.5) is 5.95 Å². The van der Waals surface area contributed by atoms with Gasteiger partial charge in [-0.2, -0.15) is 9.97 Å². The summed E-state index contributed by atoms with van der Waals surface area (Å²) in [5, 5.41) is 2.11. The first-order valence-electron chi connectivity index (χ1n) is 12.0. The molecule has 35 heavy (non-hydrogen) atoms. The van der Waals surface area contributed by atoms with Gasteiger partial charge in [-0.1, -0.05) is 62.4 Å². The molecular formula is C29H26N4O2. The van der Waals surface area contributed by atoms with E-state index in [4.69, 9.17) is 19.6 Å². The number of nitrogens with two attached hydrogens (primary N) is 1. The SMILES string of the molecule is C/C=C\c1c(CC)oc2c(-c3nc(N)nc(C4c5c(oc6ccccc56)C=CC4C)n3)cccc12. The van der Waals surface area contributed by atoms with Crippen LogP contribution in [0.15, 0.2) is 63.5 Å². The van der Waals surface area contributed by atoms with Crippen LogP contribution in [-0.4, -0.2) is 15.0 Å². The Kier molecular flexibility index (Phi) is 5.02. The molecule has 174 valence electrons. The molecule has 0 aliphatic heterocycles. The van der Waals surface area contributed by atoms with Crippen LogP contribution in [0.1, 0.15) is 55.2 Å². The number of furan rings is 2. The van der Waals surface area contributed by atoms with Crippen molar-refractivity contribution < 1.29 is 8.83 Å². The van der Waals surface area contributed by atoms with Gasteiger partial charge in [-0.3, -0.25) is 0 Å². The van der Waals surface area contributed by atoms with E-state index in [1.54, 1.807) is 0 Å². The van der Waals surface area contributed by atoms with Crippen molar-refractivity contribution in [2.75, 3.05) is 5.73 Å². The lowest BCUT2D eigenvalue weighted by molar-refractivity contribution is 0.545. The largest absolute Gasteiger partial charge is 0.460 e. The summed E-state index contributed by atoms with van der Waals surface area (Å²) in [6, 6.07) is 14.1. The van der Waals surface area contributed by atoms with Gasteiger partial charge in [0, 0.05) is 28.3 Å². The summed E-state index contributed by atoms with van der Waals surface area (Å²) in [6.45, 7) is 6.26. The molecular weight excluding hydrogens is 436 g/mol. The van der Waals surface area contributed by atoms with Crippen LogP contribution in [0.25, 0.3) is 45.5 Å². The number of fused-ring (bicyclic) bond motifs is 4. The molecule has 2 atom stereocenters. The van der Waals surface area contributed by atoms with E-state index in [9.17, 15) is 0 Å². The fourth-order valence-corrected chi connectivity index (χ4v) is 5.15. The molecule has 1 aliphatic rings. The Bertz CT molecular complexity index is 1640. The van der Waals surface area contributed by atoms with Gasteiger partial charge in [-0.15, -0.1) is 0 Å². The number of allylic oxidation sites excluding steroid dienone is 2. The van der Waals surface area contributed by atoms with Crippen molar-refractivity contribution in [1.82, 2.24) is 15.0 Å². The minimum Gasteiger partial charge on any atom is -0.460 e.